The molecule has 2 aromatic rings. The van der Waals surface area contributed by atoms with Crippen molar-refractivity contribution < 1.29 is 14.3 Å². The SMILES string of the molecule is CCOC(=O)CNC(=O)CSc1nc(C2CC2)nc2sc3c(c12)CC[C@@H](C)C3. The van der Waals surface area contributed by atoms with Crippen LogP contribution in [0.15, 0.2) is 5.03 Å². The van der Waals surface area contributed by atoms with Gasteiger partial charge in [0.05, 0.1) is 12.4 Å². The lowest BCUT2D eigenvalue weighted by Crippen LogP contribution is -2.31. The molecule has 1 N–H and O–H groups in total. The van der Waals surface area contributed by atoms with Gasteiger partial charge < -0.3 is 10.1 Å². The van der Waals surface area contributed by atoms with E-state index in [-0.39, 0.29) is 18.2 Å². The third kappa shape index (κ3) is 4.33. The summed E-state index contributed by atoms with van der Waals surface area (Å²) in [5.41, 5.74) is 1.38. The van der Waals surface area contributed by atoms with Crippen LogP contribution < -0.4 is 5.32 Å². The number of thiophene rings is 1. The smallest absolute Gasteiger partial charge is 0.325 e. The van der Waals surface area contributed by atoms with Gasteiger partial charge in [0.1, 0.15) is 22.2 Å². The first-order chi connectivity index (χ1) is 13.5. The van der Waals surface area contributed by atoms with E-state index in [4.69, 9.17) is 14.7 Å². The number of nitrogens with one attached hydrogen (secondary N) is 1. The highest BCUT2D eigenvalue weighted by molar-refractivity contribution is 8.00. The Morgan fingerprint density at radius 1 is 1.29 bits per heavy atom. The van der Waals surface area contributed by atoms with Gasteiger partial charge >= 0.3 is 5.97 Å². The van der Waals surface area contributed by atoms with Crippen LogP contribution in [0.1, 0.15) is 55.3 Å². The standard InChI is InChI=1S/C20H25N3O3S2/c1-3-26-16(25)9-21-15(24)10-27-19-17-13-7-4-11(2)8-14(13)28-20(17)23-18(22-19)12-5-6-12/h11-12H,3-10H2,1-2H3,(H,21,24)/t11-/m1/s1. The van der Waals surface area contributed by atoms with Crippen LogP contribution in [0.2, 0.25) is 0 Å². The number of nitrogens with zero attached hydrogens (tertiary/aromatic N) is 2. The zero-order chi connectivity index (χ0) is 19.7. The Morgan fingerprint density at radius 2 is 2.11 bits per heavy atom. The minimum atomic E-state index is -0.415. The van der Waals surface area contributed by atoms with E-state index < -0.39 is 5.97 Å². The molecule has 0 spiro atoms. The van der Waals surface area contributed by atoms with Crippen LogP contribution in [0.4, 0.5) is 0 Å². The van der Waals surface area contributed by atoms with Crippen molar-refractivity contribution in [1.82, 2.24) is 15.3 Å². The van der Waals surface area contributed by atoms with E-state index >= 15 is 0 Å². The summed E-state index contributed by atoms with van der Waals surface area (Å²) in [6.07, 6.45) is 5.66. The fourth-order valence-corrected chi connectivity index (χ4v) is 5.87. The molecule has 1 atom stereocenters. The predicted molar refractivity (Wildman–Crippen MR) is 111 cm³/mol. The molecule has 1 fully saturated rings. The molecule has 0 saturated heterocycles. The number of fused-ring (bicyclic) bond motifs is 3. The molecule has 2 aliphatic rings. The second-order valence-corrected chi connectivity index (χ2v) is 9.61. The maximum atomic E-state index is 12.2. The molecule has 2 aromatic heterocycles. The zero-order valence-electron chi connectivity index (χ0n) is 16.2. The van der Waals surface area contributed by atoms with Crippen molar-refractivity contribution >= 4 is 45.2 Å². The molecule has 150 valence electrons. The number of esters is 1. The molecule has 0 unspecified atom stereocenters. The Kier molecular flexibility index (Phi) is 5.87. The minimum absolute atomic E-state index is 0.0918. The van der Waals surface area contributed by atoms with Gasteiger partial charge in [-0.15, -0.1) is 11.3 Å². The average Bonchev–Trinajstić information content (AvgIpc) is 3.45. The number of carbonyl (C=O) groups excluding carboxylic acids is 2. The van der Waals surface area contributed by atoms with Crippen molar-refractivity contribution in [2.24, 2.45) is 5.92 Å². The topological polar surface area (TPSA) is 81.2 Å². The minimum Gasteiger partial charge on any atom is -0.465 e. The van der Waals surface area contributed by atoms with Gasteiger partial charge in [-0.25, -0.2) is 9.97 Å². The number of thioether (sulfide) groups is 1. The normalized spacial score (nSPS) is 18.7. The van der Waals surface area contributed by atoms with Crippen LogP contribution in [0.3, 0.4) is 0 Å². The molecule has 28 heavy (non-hydrogen) atoms. The lowest BCUT2D eigenvalue weighted by molar-refractivity contribution is -0.143. The lowest BCUT2D eigenvalue weighted by Gasteiger charge is -2.18. The highest BCUT2D eigenvalue weighted by Crippen LogP contribution is 2.44. The van der Waals surface area contributed by atoms with Crippen LogP contribution >= 0.6 is 23.1 Å². The van der Waals surface area contributed by atoms with Crippen LogP contribution in [0, 0.1) is 5.92 Å². The molecule has 0 bridgehead atoms. The molecule has 1 amide bonds. The van der Waals surface area contributed by atoms with Gasteiger partial charge in [-0.05, 0) is 50.5 Å². The summed E-state index contributed by atoms with van der Waals surface area (Å²) in [5.74, 6) is 1.74. The van der Waals surface area contributed by atoms with Gasteiger partial charge in [0.15, 0.2) is 0 Å². The van der Waals surface area contributed by atoms with E-state index in [2.05, 4.69) is 12.2 Å². The highest BCUT2D eigenvalue weighted by atomic mass is 32.2. The van der Waals surface area contributed by atoms with E-state index in [9.17, 15) is 9.59 Å². The van der Waals surface area contributed by atoms with Gasteiger partial charge in [-0.2, -0.15) is 0 Å². The number of hydrogen-bond donors (Lipinski definition) is 1. The Balaban J connectivity index is 1.53. The summed E-state index contributed by atoms with van der Waals surface area (Å²) in [5, 5.41) is 4.70. The molecule has 6 nitrogen and oxygen atoms in total. The number of ether oxygens (including phenoxy) is 1. The monoisotopic (exact) mass is 419 g/mol. The summed E-state index contributed by atoms with van der Waals surface area (Å²) >= 11 is 3.26. The van der Waals surface area contributed by atoms with Gasteiger partial charge in [0, 0.05) is 16.2 Å². The van der Waals surface area contributed by atoms with E-state index in [0.717, 1.165) is 46.8 Å². The van der Waals surface area contributed by atoms with E-state index in [1.807, 2.05) is 0 Å². The van der Waals surface area contributed by atoms with Crippen molar-refractivity contribution in [3.05, 3.63) is 16.3 Å². The molecular formula is C20H25N3O3S2. The number of aryl methyl sites for hydroxylation is 1. The second-order valence-electron chi connectivity index (χ2n) is 7.56. The zero-order valence-corrected chi connectivity index (χ0v) is 17.9. The van der Waals surface area contributed by atoms with Gasteiger partial charge in [0.25, 0.3) is 0 Å². The molecule has 0 radical (unpaired) electrons. The summed E-state index contributed by atoms with van der Waals surface area (Å²) in [6.45, 7) is 4.27. The van der Waals surface area contributed by atoms with Crippen LogP contribution in [-0.4, -0.2) is 40.7 Å². The summed E-state index contributed by atoms with van der Waals surface area (Å²) in [7, 11) is 0. The van der Waals surface area contributed by atoms with Crippen molar-refractivity contribution in [3.63, 3.8) is 0 Å². The lowest BCUT2D eigenvalue weighted by atomic mass is 9.89. The van der Waals surface area contributed by atoms with Gasteiger partial charge in [-0.1, -0.05) is 18.7 Å². The maximum absolute atomic E-state index is 12.2. The number of aromatic nitrogens is 2. The fraction of sp³-hybridized carbons (Fsp3) is 0.600. The fourth-order valence-electron chi connectivity index (χ4n) is 3.52. The summed E-state index contributed by atoms with van der Waals surface area (Å²) < 4.78 is 4.84. The number of carbonyl (C=O) groups is 2. The number of amides is 1. The van der Waals surface area contributed by atoms with Gasteiger partial charge in [-0.3, -0.25) is 9.59 Å². The largest absolute Gasteiger partial charge is 0.465 e. The van der Waals surface area contributed by atoms with E-state index in [0.29, 0.717) is 18.4 Å². The summed E-state index contributed by atoms with van der Waals surface area (Å²) in [6, 6.07) is 0. The molecule has 4 rings (SSSR count). The number of hydrogen-bond acceptors (Lipinski definition) is 7. The molecule has 1 saturated carbocycles. The molecule has 2 aliphatic carbocycles. The van der Waals surface area contributed by atoms with Gasteiger partial charge in [0.2, 0.25) is 5.91 Å². The maximum Gasteiger partial charge on any atom is 0.325 e. The Labute approximate surface area is 172 Å². The first kappa shape index (κ1) is 19.6. The second kappa shape index (κ2) is 8.37. The van der Waals surface area contributed by atoms with Crippen molar-refractivity contribution in [2.45, 2.75) is 56.9 Å². The Bertz CT molecular complexity index is 908. The molecule has 2 heterocycles. The molecule has 8 heteroatoms. The summed E-state index contributed by atoms with van der Waals surface area (Å²) in [4.78, 5) is 35.8. The third-order valence-electron chi connectivity index (χ3n) is 5.16. The Morgan fingerprint density at radius 3 is 2.86 bits per heavy atom. The first-order valence-corrected chi connectivity index (χ1v) is 11.7. The first-order valence-electron chi connectivity index (χ1n) is 9.92. The van der Waals surface area contributed by atoms with Crippen molar-refractivity contribution in [2.75, 3.05) is 18.9 Å². The van der Waals surface area contributed by atoms with Crippen molar-refractivity contribution in [1.29, 1.82) is 0 Å². The van der Waals surface area contributed by atoms with Crippen molar-refractivity contribution in [3.8, 4) is 0 Å². The predicted octanol–water partition coefficient (Wildman–Crippen LogP) is 3.46. The van der Waals surface area contributed by atoms with Crippen LogP contribution in [-0.2, 0) is 27.2 Å². The quantitative estimate of drug-likeness (QED) is 0.420. The average molecular weight is 420 g/mol. The Hall–Kier alpha value is -1.67. The van der Waals surface area contributed by atoms with Crippen LogP contribution in [0.5, 0.6) is 0 Å². The van der Waals surface area contributed by atoms with Crippen LogP contribution in [0.25, 0.3) is 10.2 Å². The number of rotatable bonds is 7. The molecular weight excluding hydrogens is 394 g/mol. The molecule has 0 aromatic carbocycles. The van der Waals surface area contributed by atoms with E-state index in [1.54, 1.807) is 18.3 Å². The molecule has 0 aliphatic heterocycles. The van der Waals surface area contributed by atoms with E-state index in [1.165, 1.54) is 28.6 Å². The highest BCUT2D eigenvalue weighted by Gasteiger charge is 2.30. The third-order valence-corrected chi connectivity index (χ3v) is 7.28.